The fourth-order valence-electron chi connectivity index (χ4n) is 8.58. The molecule has 1 heterocycles. The lowest BCUT2D eigenvalue weighted by molar-refractivity contribution is -0.159. The fraction of sp³-hybridized carbons (Fsp3) is 0.955. The van der Waals surface area contributed by atoms with Gasteiger partial charge in [-0.15, -0.1) is 0 Å². The average molecular weight is 348 g/mol. The largest absolute Gasteiger partial charge is 0.393 e. The summed E-state index contributed by atoms with van der Waals surface area (Å²) < 4.78 is 0. The summed E-state index contributed by atoms with van der Waals surface area (Å²) in [6, 6.07) is 0.450. The number of carbonyl (C=O) groups is 1. The van der Waals surface area contributed by atoms with E-state index in [-0.39, 0.29) is 6.10 Å². The van der Waals surface area contributed by atoms with Crippen molar-refractivity contribution < 1.29 is 9.90 Å². The second-order valence-corrected chi connectivity index (χ2v) is 10.5. The van der Waals surface area contributed by atoms with Gasteiger partial charge in [-0.25, -0.2) is 0 Å². The summed E-state index contributed by atoms with van der Waals surface area (Å²) in [6.07, 6.45) is 7.95. The first-order valence-electron chi connectivity index (χ1n) is 10.6. The monoisotopic (exact) mass is 347 g/mol. The van der Waals surface area contributed by atoms with Crippen LogP contribution in [0.15, 0.2) is 0 Å². The van der Waals surface area contributed by atoms with Crippen molar-refractivity contribution in [1.82, 2.24) is 4.90 Å². The van der Waals surface area contributed by atoms with Crippen LogP contribution in [0.4, 0.5) is 0 Å². The van der Waals surface area contributed by atoms with Gasteiger partial charge in [-0.2, -0.15) is 0 Å². The van der Waals surface area contributed by atoms with Gasteiger partial charge < -0.3 is 10.0 Å². The van der Waals surface area contributed by atoms with Gasteiger partial charge in [0.2, 0.25) is 5.91 Å². The number of aliphatic hydroxyl groups excluding tert-OH is 1. The van der Waals surface area contributed by atoms with Crippen molar-refractivity contribution in [2.45, 2.75) is 84.8 Å². The molecule has 0 unspecified atom stereocenters. The zero-order chi connectivity index (χ0) is 18.1. The number of hydrogen-bond acceptors (Lipinski definition) is 2. The minimum Gasteiger partial charge on any atom is -0.393 e. The lowest BCUT2D eigenvalue weighted by atomic mass is 9.46. The van der Waals surface area contributed by atoms with Crippen LogP contribution < -0.4 is 0 Å². The van der Waals surface area contributed by atoms with Gasteiger partial charge in [-0.05, 0) is 85.9 Å². The van der Waals surface area contributed by atoms with Crippen LogP contribution in [0.2, 0.25) is 0 Å². The number of fused-ring (bicyclic) bond motifs is 5. The number of carbonyl (C=O) groups excluding carboxylic acids is 1. The molecule has 1 amide bonds. The van der Waals surface area contributed by atoms with Gasteiger partial charge in [0.25, 0.3) is 0 Å². The first-order chi connectivity index (χ1) is 11.7. The summed E-state index contributed by atoms with van der Waals surface area (Å²) >= 11 is 0. The third-order valence-electron chi connectivity index (χ3n) is 9.51. The Labute approximate surface area is 153 Å². The van der Waals surface area contributed by atoms with Gasteiger partial charge in [0.05, 0.1) is 6.10 Å². The fourth-order valence-corrected chi connectivity index (χ4v) is 8.58. The Balaban J connectivity index is 1.65. The molecule has 4 rings (SSSR count). The molecule has 4 fully saturated rings. The van der Waals surface area contributed by atoms with E-state index in [2.05, 4.69) is 25.7 Å². The maximum atomic E-state index is 12.2. The van der Waals surface area contributed by atoms with E-state index in [0.29, 0.717) is 34.6 Å². The molecule has 3 saturated carbocycles. The summed E-state index contributed by atoms with van der Waals surface area (Å²) in [5.74, 6) is 3.77. The number of amides is 1. The Morgan fingerprint density at radius 1 is 1.12 bits per heavy atom. The number of aliphatic hydroxyl groups is 1. The Kier molecular flexibility index (Phi) is 4.07. The van der Waals surface area contributed by atoms with Gasteiger partial charge in [0.1, 0.15) is 0 Å². The molecule has 0 radical (unpaired) electrons. The third-order valence-corrected chi connectivity index (χ3v) is 9.51. The highest BCUT2D eigenvalue weighted by molar-refractivity contribution is 5.77. The molecule has 0 spiro atoms. The molecule has 1 N–H and O–H groups in total. The quantitative estimate of drug-likeness (QED) is 0.776. The number of piperidine rings is 1. The van der Waals surface area contributed by atoms with Crippen LogP contribution in [-0.2, 0) is 4.79 Å². The number of hydrogen-bond donors (Lipinski definition) is 1. The lowest BCUT2D eigenvalue weighted by Crippen LogP contribution is -2.61. The Bertz CT molecular complexity index is 560. The molecule has 0 bridgehead atoms. The van der Waals surface area contributed by atoms with E-state index >= 15 is 0 Å². The Morgan fingerprint density at radius 2 is 1.84 bits per heavy atom. The second kappa shape index (κ2) is 5.71. The number of likely N-dealkylation sites (tertiary alicyclic amines) is 1. The van der Waals surface area contributed by atoms with Crippen LogP contribution in [0.25, 0.3) is 0 Å². The summed E-state index contributed by atoms with van der Waals surface area (Å²) in [4.78, 5) is 14.3. The van der Waals surface area contributed by atoms with E-state index in [1.165, 1.54) is 32.1 Å². The van der Waals surface area contributed by atoms with Crippen LogP contribution >= 0.6 is 0 Å². The van der Waals surface area contributed by atoms with Crippen LogP contribution in [0.1, 0.15) is 72.6 Å². The summed E-state index contributed by atoms with van der Waals surface area (Å²) in [7, 11) is 2.04. The van der Waals surface area contributed by atoms with Crippen molar-refractivity contribution >= 4 is 5.91 Å². The van der Waals surface area contributed by atoms with Crippen molar-refractivity contribution in [3.63, 3.8) is 0 Å². The summed E-state index contributed by atoms with van der Waals surface area (Å²) in [5.41, 5.74) is 0.618. The summed E-state index contributed by atoms with van der Waals surface area (Å²) in [6.45, 7) is 9.36. The maximum absolute atomic E-state index is 12.2. The number of nitrogens with zero attached hydrogens (tertiary/aromatic N) is 1. The molecule has 142 valence electrons. The molecule has 3 nitrogen and oxygen atoms in total. The van der Waals surface area contributed by atoms with E-state index < -0.39 is 0 Å². The van der Waals surface area contributed by atoms with Crippen molar-refractivity contribution in [3.8, 4) is 0 Å². The van der Waals surface area contributed by atoms with E-state index in [1.54, 1.807) is 0 Å². The zero-order valence-electron chi connectivity index (χ0n) is 16.8. The molecular formula is C22H37NO2. The highest BCUT2D eigenvalue weighted by Crippen LogP contribution is 2.67. The highest BCUT2D eigenvalue weighted by Gasteiger charge is 2.62. The smallest absolute Gasteiger partial charge is 0.222 e. The molecule has 4 aliphatic rings. The molecule has 9 atom stereocenters. The zero-order valence-corrected chi connectivity index (χ0v) is 16.8. The van der Waals surface area contributed by atoms with E-state index in [4.69, 9.17) is 0 Å². The van der Waals surface area contributed by atoms with Crippen molar-refractivity contribution in [1.29, 1.82) is 0 Å². The van der Waals surface area contributed by atoms with Crippen molar-refractivity contribution in [2.24, 2.45) is 40.4 Å². The standard InChI is InChI=1S/C22H37NO2/c1-13-12-17-15-6-7-18-21(3,11-9-19(25)23(18)5)16(15)8-10-22(17,4)20(13)14(2)24/h13-18,20,24H,6-12H2,1-5H3/t13-,14+,15+,16-,17-,18+,20-,21+,22-/m0/s1. The molecule has 25 heavy (non-hydrogen) atoms. The Morgan fingerprint density at radius 3 is 2.52 bits per heavy atom. The van der Waals surface area contributed by atoms with Crippen molar-refractivity contribution in [2.75, 3.05) is 7.05 Å². The molecule has 0 aromatic rings. The maximum Gasteiger partial charge on any atom is 0.222 e. The topological polar surface area (TPSA) is 40.5 Å². The SMILES string of the molecule is C[C@@H](O)[C@@H]1[C@@H](C)C[C@H]2[C@@H]3CC[C@H]4N(C)C(=O)CC[C@]4(C)[C@H]3CC[C@]12C. The molecule has 1 aliphatic heterocycles. The van der Waals surface area contributed by atoms with E-state index in [0.717, 1.165) is 30.6 Å². The normalized spacial score (nSPS) is 53.8. The van der Waals surface area contributed by atoms with Gasteiger partial charge in [-0.1, -0.05) is 20.8 Å². The van der Waals surface area contributed by atoms with Crippen LogP contribution in [0.3, 0.4) is 0 Å². The third kappa shape index (κ3) is 2.30. The predicted molar refractivity (Wildman–Crippen MR) is 99.9 cm³/mol. The lowest BCUT2D eigenvalue weighted by Gasteiger charge is -2.62. The second-order valence-electron chi connectivity index (χ2n) is 10.5. The van der Waals surface area contributed by atoms with Crippen LogP contribution in [-0.4, -0.2) is 35.1 Å². The minimum absolute atomic E-state index is 0.188. The van der Waals surface area contributed by atoms with E-state index in [1.807, 2.05) is 14.0 Å². The first kappa shape index (κ1) is 17.8. The Hall–Kier alpha value is -0.570. The molecular weight excluding hydrogens is 310 g/mol. The van der Waals surface area contributed by atoms with Crippen LogP contribution in [0.5, 0.6) is 0 Å². The van der Waals surface area contributed by atoms with Crippen molar-refractivity contribution in [3.05, 3.63) is 0 Å². The molecule has 1 saturated heterocycles. The first-order valence-corrected chi connectivity index (χ1v) is 10.6. The van der Waals surface area contributed by atoms with Crippen LogP contribution in [0, 0.1) is 40.4 Å². The number of rotatable bonds is 1. The van der Waals surface area contributed by atoms with E-state index in [9.17, 15) is 9.90 Å². The summed E-state index contributed by atoms with van der Waals surface area (Å²) in [5, 5.41) is 10.5. The molecule has 3 heteroatoms. The van der Waals surface area contributed by atoms with Gasteiger partial charge in [0, 0.05) is 19.5 Å². The molecule has 0 aromatic heterocycles. The van der Waals surface area contributed by atoms with Gasteiger partial charge >= 0.3 is 0 Å². The molecule has 0 aromatic carbocycles. The minimum atomic E-state index is -0.188. The molecule has 3 aliphatic carbocycles. The van der Waals surface area contributed by atoms with Gasteiger partial charge in [-0.3, -0.25) is 4.79 Å². The van der Waals surface area contributed by atoms with Gasteiger partial charge in [0.15, 0.2) is 0 Å². The average Bonchev–Trinajstić information content (AvgIpc) is 2.81. The predicted octanol–water partition coefficient (Wildman–Crippen LogP) is 4.09. The highest BCUT2D eigenvalue weighted by atomic mass is 16.3.